The van der Waals surface area contributed by atoms with Crippen LogP contribution in [0.1, 0.15) is 127 Å². The van der Waals surface area contributed by atoms with Gasteiger partial charge >= 0.3 is 0 Å². The topological polar surface area (TPSA) is 83.8 Å². The van der Waals surface area contributed by atoms with E-state index in [1.807, 2.05) is 138 Å². The van der Waals surface area contributed by atoms with Gasteiger partial charge in [-0.2, -0.15) is 11.8 Å². The molecule has 310 valence electrons. The number of hydrogen-bond donors (Lipinski definition) is 3. The zero-order chi connectivity index (χ0) is 40.8. The number of thioether (sulfide) groups is 1. The number of phenolic OH excluding ortho intramolecular Hbond substituents is 3. The Balaban J connectivity index is 0.00000108. The molecule has 0 fully saturated rings. The lowest BCUT2D eigenvalue weighted by molar-refractivity contribution is -0.270. The molecule has 0 aromatic heterocycles. The van der Waals surface area contributed by atoms with Crippen molar-refractivity contribution in [2.75, 3.05) is 12.0 Å². The number of rotatable bonds is 5. The molecule has 0 radical (unpaired) electrons. The zero-order valence-corrected chi connectivity index (χ0v) is 35.3. The number of aryl methyl sites for hydroxylation is 2. The molecule has 3 N–H and O–H groups in total. The molecule has 0 amide bonds. The Bertz CT molecular complexity index is 1920. The van der Waals surface area contributed by atoms with E-state index in [4.69, 9.17) is 0 Å². The maximum Gasteiger partial charge on any atom is 0.122 e. The van der Waals surface area contributed by atoms with Crippen LogP contribution in [0.25, 0.3) is 0 Å². The Morgan fingerprint density at radius 3 is 1.02 bits per heavy atom. The van der Waals surface area contributed by atoms with Crippen LogP contribution in [0.4, 0.5) is 0 Å². The van der Waals surface area contributed by atoms with Crippen molar-refractivity contribution in [2.45, 2.75) is 102 Å². The van der Waals surface area contributed by atoms with Crippen LogP contribution in [0.15, 0.2) is 109 Å². The molecule has 0 unspecified atom stereocenters. The lowest BCUT2D eigenvalue weighted by atomic mass is 9.87. The van der Waals surface area contributed by atoms with Crippen molar-refractivity contribution in [2.24, 2.45) is 0 Å². The average Bonchev–Trinajstić information content (AvgIpc) is 3.20. The molecule has 7 rings (SSSR count). The lowest BCUT2D eigenvalue weighted by Gasteiger charge is -2.24. The van der Waals surface area contributed by atoms with Gasteiger partial charge < -0.3 is 20.4 Å². The fourth-order valence-electron chi connectivity index (χ4n) is 7.29. The van der Waals surface area contributed by atoms with E-state index in [2.05, 4.69) is 37.4 Å². The fraction of sp³-hybridized carbons (Fsp3) is 0.321. The monoisotopic (exact) mass is 799 g/mol. The van der Waals surface area contributed by atoms with E-state index >= 15 is 0 Å². The summed E-state index contributed by atoms with van der Waals surface area (Å²) in [5.74, 6) is 1.63. The number of phenols is 3. The van der Waals surface area contributed by atoms with E-state index in [1.165, 1.54) is 5.75 Å². The third-order valence-electron chi connectivity index (χ3n) is 9.77. The van der Waals surface area contributed by atoms with Gasteiger partial charge in [0.05, 0.1) is 0 Å². The van der Waals surface area contributed by atoms with Crippen LogP contribution in [-0.2, 0) is 38.5 Å². The summed E-state index contributed by atoms with van der Waals surface area (Å²) in [6, 6.07) is 36.2. The Kier molecular flexibility index (Phi) is 20.2. The van der Waals surface area contributed by atoms with Crippen molar-refractivity contribution in [1.82, 2.24) is 0 Å². The molecule has 58 heavy (non-hydrogen) atoms. The summed E-state index contributed by atoms with van der Waals surface area (Å²) in [6.07, 6.45) is 4.61. The van der Waals surface area contributed by atoms with E-state index in [1.54, 1.807) is 0 Å². The maximum atomic E-state index is 14.1. The van der Waals surface area contributed by atoms with Gasteiger partial charge in [-0.3, -0.25) is 0 Å². The quantitative estimate of drug-likeness (QED) is 0.161. The van der Waals surface area contributed by atoms with Crippen LogP contribution in [0.3, 0.4) is 0 Å². The summed E-state index contributed by atoms with van der Waals surface area (Å²) in [7, 11) is 0. The first-order valence-electron chi connectivity index (χ1n) is 20.0. The van der Waals surface area contributed by atoms with Gasteiger partial charge in [0.2, 0.25) is 0 Å². The van der Waals surface area contributed by atoms with Crippen molar-refractivity contribution >= 4 is 11.8 Å². The zero-order valence-electron chi connectivity index (χ0n) is 34.5. The largest absolute Gasteiger partial charge is 0.872 e. The van der Waals surface area contributed by atoms with Crippen molar-refractivity contribution in [3.8, 4) is 23.0 Å². The molecule has 0 aliphatic heterocycles. The van der Waals surface area contributed by atoms with Crippen LogP contribution < -0.4 is 5.11 Å². The standard InChI is InChI=1S/C44H40O4.C3H8S.2C2H6.2CH4/c1-27-13-33-23-37-19-31(17-29-9-5-3-6-10-29)21-39(43(37)47)25-35-15-28(2)16-36(42(35)46)26-40-22-32(18-30-11-7-4-8-12-30)20-38(44(40)48)24-34(14-27)41(33)45;1-3-4-2;2*1-2;;/h3-16,19-22,45-48H,17-18,23-26H2,1-2H3;3H2,1-2H3;2*1-2H3;2*1H4/p-1. The molecule has 6 aromatic carbocycles. The Hall–Kier alpha value is -5.13. The SMILES string of the molecule is C.C.CC.CC.CCSC.Cc1cc2c(O)c(c1)Cc1cc(Cc3ccccc3)cc(c1O)Cc1cc(C)cc(c1O)Cc1cc(Cc3ccccc3)cc(c1[O-])C2. The summed E-state index contributed by atoms with van der Waals surface area (Å²) in [4.78, 5) is 0. The highest BCUT2D eigenvalue weighted by molar-refractivity contribution is 7.98. The van der Waals surface area contributed by atoms with Gasteiger partial charge in [0, 0.05) is 25.7 Å². The van der Waals surface area contributed by atoms with E-state index < -0.39 is 0 Å². The van der Waals surface area contributed by atoms with E-state index in [0.717, 1.165) is 33.4 Å². The highest BCUT2D eigenvalue weighted by Gasteiger charge is 2.20. The second kappa shape index (κ2) is 23.9. The minimum atomic E-state index is -0.0720. The first-order valence-corrected chi connectivity index (χ1v) is 21.4. The molecule has 8 bridgehead atoms. The highest BCUT2D eigenvalue weighted by Crippen LogP contribution is 2.39. The van der Waals surface area contributed by atoms with Crippen LogP contribution in [-0.4, -0.2) is 27.3 Å². The van der Waals surface area contributed by atoms with E-state index in [9.17, 15) is 20.4 Å². The first kappa shape index (κ1) is 49.0. The van der Waals surface area contributed by atoms with Gasteiger partial charge in [0.1, 0.15) is 17.2 Å². The van der Waals surface area contributed by atoms with Gasteiger partial charge in [-0.15, -0.1) is 5.75 Å². The van der Waals surface area contributed by atoms with Crippen LogP contribution in [0, 0.1) is 13.8 Å². The Labute approximate surface area is 354 Å². The molecular weight excluding hydrogens is 733 g/mol. The Morgan fingerprint density at radius 2 is 0.724 bits per heavy atom. The van der Waals surface area contributed by atoms with E-state index in [-0.39, 0.29) is 50.7 Å². The molecule has 4 nitrogen and oxygen atoms in total. The van der Waals surface area contributed by atoms with Crippen molar-refractivity contribution in [1.29, 1.82) is 0 Å². The van der Waals surface area contributed by atoms with Gasteiger partial charge in [-0.1, -0.05) is 181 Å². The second-order valence-electron chi connectivity index (χ2n) is 14.0. The minimum absolute atomic E-state index is 0. The van der Waals surface area contributed by atoms with E-state index in [0.29, 0.717) is 70.2 Å². The predicted molar refractivity (Wildman–Crippen MR) is 250 cm³/mol. The number of hydrogen-bond acceptors (Lipinski definition) is 5. The van der Waals surface area contributed by atoms with Crippen LogP contribution in [0.5, 0.6) is 23.0 Å². The Morgan fingerprint density at radius 1 is 0.466 bits per heavy atom. The summed E-state index contributed by atoms with van der Waals surface area (Å²) >= 11 is 1.86. The van der Waals surface area contributed by atoms with Crippen molar-refractivity contribution in [3.05, 3.63) is 187 Å². The van der Waals surface area contributed by atoms with Gasteiger partial charge in [0.25, 0.3) is 0 Å². The normalized spacial score (nSPS) is 11.1. The number of benzene rings is 6. The molecule has 1 aliphatic rings. The predicted octanol–water partition coefficient (Wildman–Crippen LogP) is 13.0. The van der Waals surface area contributed by atoms with Crippen LogP contribution in [0.2, 0.25) is 0 Å². The molecule has 6 aromatic rings. The summed E-state index contributed by atoms with van der Waals surface area (Å²) < 4.78 is 0. The molecule has 0 saturated heterocycles. The number of aromatic hydroxyl groups is 3. The first-order chi connectivity index (χ1) is 27.1. The molecule has 0 atom stereocenters. The molecule has 0 heterocycles. The van der Waals surface area contributed by atoms with Crippen molar-refractivity contribution in [3.63, 3.8) is 0 Å². The average molecular weight is 800 g/mol. The molecule has 0 spiro atoms. The molecule has 0 saturated carbocycles. The number of fused-ring (bicyclic) bond motifs is 8. The molecule has 5 heteroatoms. The summed E-state index contributed by atoms with van der Waals surface area (Å²) in [5.41, 5.74) is 11.7. The van der Waals surface area contributed by atoms with Gasteiger partial charge in [-0.05, 0) is 94.3 Å². The molecule has 1 aliphatic carbocycles. The summed E-state index contributed by atoms with van der Waals surface area (Å²) in [6.45, 7) is 14.1. The highest BCUT2D eigenvalue weighted by atomic mass is 32.2. The fourth-order valence-corrected chi connectivity index (χ4v) is 7.29. The third-order valence-corrected chi connectivity index (χ3v) is 10.3. The van der Waals surface area contributed by atoms with Crippen molar-refractivity contribution < 1.29 is 20.4 Å². The van der Waals surface area contributed by atoms with Gasteiger partial charge in [-0.25, -0.2) is 0 Å². The molecular formula is C53H67O4S-. The second-order valence-corrected chi connectivity index (χ2v) is 15.1. The third kappa shape index (κ3) is 12.7. The lowest BCUT2D eigenvalue weighted by Crippen LogP contribution is -2.08. The maximum absolute atomic E-state index is 14.1. The van der Waals surface area contributed by atoms with Crippen LogP contribution >= 0.6 is 11.8 Å². The smallest absolute Gasteiger partial charge is 0.122 e. The van der Waals surface area contributed by atoms with Gasteiger partial charge in [0.15, 0.2) is 0 Å². The summed E-state index contributed by atoms with van der Waals surface area (Å²) in [5, 5.41) is 49.2. The minimum Gasteiger partial charge on any atom is -0.872 e.